The standard InChI is InChI=1S/C13H10ClN3O2/c1-18-12-11(16-6-17-13(12)15)10-5-7-4-8(14)2-3-9(7)19-10/h2-6H,1H3,(H2,15,16,17). The molecule has 0 fully saturated rings. The number of aromatic nitrogens is 2. The van der Waals surface area contributed by atoms with Gasteiger partial charge in [0.05, 0.1) is 7.11 Å². The van der Waals surface area contributed by atoms with Crippen LogP contribution in [-0.4, -0.2) is 17.1 Å². The Bertz CT molecular complexity index is 755. The molecule has 19 heavy (non-hydrogen) atoms. The van der Waals surface area contributed by atoms with Crippen molar-refractivity contribution in [3.63, 3.8) is 0 Å². The van der Waals surface area contributed by atoms with Gasteiger partial charge in [-0.25, -0.2) is 9.97 Å². The van der Waals surface area contributed by atoms with Crippen LogP contribution in [0.2, 0.25) is 5.02 Å². The SMILES string of the molecule is COc1c(N)ncnc1-c1cc2cc(Cl)ccc2o1. The van der Waals surface area contributed by atoms with Crippen LogP contribution in [0, 0.1) is 0 Å². The Kier molecular flexibility index (Phi) is 2.76. The molecule has 0 unspecified atom stereocenters. The van der Waals surface area contributed by atoms with E-state index in [4.69, 9.17) is 26.5 Å². The molecule has 1 aromatic carbocycles. The highest BCUT2D eigenvalue weighted by molar-refractivity contribution is 6.31. The molecule has 0 atom stereocenters. The molecule has 2 N–H and O–H groups in total. The molecule has 0 saturated heterocycles. The number of nitrogens with two attached hydrogens (primary N) is 1. The highest BCUT2D eigenvalue weighted by atomic mass is 35.5. The molecule has 0 bridgehead atoms. The van der Waals surface area contributed by atoms with Crippen LogP contribution in [0.1, 0.15) is 0 Å². The maximum absolute atomic E-state index is 5.95. The van der Waals surface area contributed by atoms with Gasteiger partial charge in [-0.15, -0.1) is 0 Å². The zero-order valence-electron chi connectivity index (χ0n) is 10.1. The molecule has 2 heterocycles. The molecular weight excluding hydrogens is 266 g/mol. The van der Waals surface area contributed by atoms with Gasteiger partial charge in [0, 0.05) is 10.4 Å². The smallest absolute Gasteiger partial charge is 0.190 e. The lowest BCUT2D eigenvalue weighted by Gasteiger charge is -2.06. The van der Waals surface area contributed by atoms with Crippen molar-refractivity contribution in [3.8, 4) is 17.2 Å². The first-order valence-electron chi connectivity index (χ1n) is 5.53. The maximum Gasteiger partial charge on any atom is 0.190 e. The van der Waals surface area contributed by atoms with Crippen molar-refractivity contribution in [2.45, 2.75) is 0 Å². The van der Waals surface area contributed by atoms with Crippen LogP contribution in [0.5, 0.6) is 5.75 Å². The van der Waals surface area contributed by atoms with Crippen LogP contribution in [0.3, 0.4) is 0 Å². The summed E-state index contributed by atoms with van der Waals surface area (Å²) in [5.41, 5.74) is 6.99. The van der Waals surface area contributed by atoms with E-state index in [-0.39, 0.29) is 5.82 Å². The number of fused-ring (bicyclic) bond motifs is 1. The van der Waals surface area contributed by atoms with Gasteiger partial charge in [-0.2, -0.15) is 0 Å². The summed E-state index contributed by atoms with van der Waals surface area (Å²) in [7, 11) is 1.51. The molecule has 0 aliphatic heterocycles. The summed E-state index contributed by atoms with van der Waals surface area (Å²) in [6.07, 6.45) is 1.37. The average molecular weight is 276 g/mol. The Morgan fingerprint density at radius 2 is 2.11 bits per heavy atom. The molecule has 0 saturated carbocycles. The summed E-state index contributed by atoms with van der Waals surface area (Å²) in [5.74, 6) is 1.22. The number of anilines is 1. The van der Waals surface area contributed by atoms with E-state index < -0.39 is 0 Å². The van der Waals surface area contributed by atoms with Crippen molar-refractivity contribution < 1.29 is 9.15 Å². The fourth-order valence-corrected chi connectivity index (χ4v) is 2.08. The summed E-state index contributed by atoms with van der Waals surface area (Å²) in [5, 5.41) is 1.54. The number of rotatable bonds is 2. The van der Waals surface area contributed by atoms with Gasteiger partial charge in [0.2, 0.25) is 0 Å². The molecule has 2 aromatic heterocycles. The summed E-state index contributed by atoms with van der Waals surface area (Å²) >= 11 is 5.95. The first-order chi connectivity index (χ1) is 9.19. The average Bonchev–Trinajstić information content (AvgIpc) is 2.81. The lowest BCUT2D eigenvalue weighted by atomic mass is 10.2. The normalized spacial score (nSPS) is 10.8. The van der Waals surface area contributed by atoms with E-state index in [9.17, 15) is 0 Å². The van der Waals surface area contributed by atoms with Gasteiger partial charge in [-0.05, 0) is 24.3 Å². The number of hydrogen-bond acceptors (Lipinski definition) is 5. The van der Waals surface area contributed by atoms with Crippen molar-refractivity contribution in [1.29, 1.82) is 0 Å². The van der Waals surface area contributed by atoms with E-state index in [0.29, 0.717) is 22.2 Å². The van der Waals surface area contributed by atoms with Crippen LogP contribution in [0.25, 0.3) is 22.4 Å². The predicted octanol–water partition coefficient (Wildman–Crippen LogP) is 3.13. The van der Waals surface area contributed by atoms with Crippen LogP contribution in [0.15, 0.2) is 35.0 Å². The molecule has 0 spiro atoms. The van der Waals surface area contributed by atoms with Crippen LogP contribution >= 0.6 is 11.6 Å². The third kappa shape index (κ3) is 1.98. The van der Waals surface area contributed by atoms with E-state index in [2.05, 4.69) is 9.97 Å². The number of halogens is 1. The van der Waals surface area contributed by atoms with Gasteiger partial charge in [0.1, 0.15) is 11.9 Å². The topological polar surface area (TPSA) is 74.2 Å². The molecule has 0 aliphatic carbocycles. The molecule has 6 heteroatoms. The molecular formula is C13H10ClN3O2. The fraction of sp³-hybridized carbons (Fsp3) is 0.0769. The third-order valence-corrected chi connectivity index (χ3v) is 2.98. The Morgan fingerprint density at radius 1 is 1.26 bits per heavy atom. The Hall–Kier alpha value is -2.27. The van der Waals surface area contributed by atoms with Crippen LogP contribution in [-0.2, 0) is 0 Å². The number of hydrogen-bond donors (Lipinski definition) is 1. The molecule has 0 radical (unpaired) electrons. The van der Waals surface area contributed by atoms with Crippen LogP contribution in [0.4, 0.5) is 5.82 Å². The van der Waals surface area contributed by atoms with Crippen LogP contribution < -0.4 is 10.5 Å². The molecule has 96 valence electrons. The Morgan fingerprint density at radius 3 is 2.89 bits per heavy atom. The van der Waals surface area contributed by atoms with Gasteiger partial charge >= 0.3 is 0 Å². The van der Waals surface area contributed by atoms with Gasteiger partial charge in [0.25, 0.3) is 0 Å². The van der Waals surface area contributed by atoms with Gasteiger partial charge in [-0.3, -0.25) is 0 Å². The monoisotopic (exact) mass is 275 g/mol. The van der Waals surface area contributed by atoms with Crippen molar-refractivity contribution >= 4 is 28.4 Å². The van der Waals surface area contributed by atoms with E-state index in [1.807, 2.05) is 12.1 Å². The summed E-state index contributed by atoms with van der Waals surface area (Å²) in [6.45, 7) is 0. The highest BCUT2D eigenvalue weighted by Gasteiger charge is 2.16. The highest BCUT2D eigenvalue weighted by Crippen LogP contribution is 2.35. The first-order valence-corrected chi connectivity index (χ1v) is 5.91. The second kappa shape index (κ2) is 4.44. The van der Waals surface area contributed by atoms with Crippen molar-refractivity contribution in [1.82, 2.24) is 9.97 Å². The zero-order valence-corrected chi connectivity index (χ0v) is 10.8. The number of ether oxygens (including phenoxy) is 1. The largest absolute Gasteiger partial charge is 0.491 e. The number of nitrogens with zero attached hydrogens (tertiary/aromatic N) is 2. The maximum atomic E-state index is 5.95. The second-order valence-electron chi connectivity index (χ2n) is 3.93. The van der Waals surface area contributed by atoms with Crippen molar-refractivity contribution in [2.24, 2.45) is 0 Å². The molecule has 0 aliphatic rings. The van der Waals surface area contributed by atoms with Gasteiger partial charge in [-0.1, -0.05) is 11.6 Å². The lowest BCUT2D eigenvalue weighted by molar-refractivity contribution is 0.413. The minimum Gasteiger partial charge on any atom is -0.491 e. The third-order valence-electron chi connectivity index (χ3n) is 2.75. The Labute approximate surface area is 114 Å². The number of furan rings is 1. The zero-order chi connectivity index (χ0) is 13.4. The second-order valence-corrected chi connectivity index (χ2v) is 4.37. The fourth-order valence-electron chi connectivity index (χ4n) is 1.90. The number of benzene rings is 1. The summed E-state index contributed by atoms with van der Waals surface area (Å²) in [6, 6.07) is 7.23. The van der Waals surface area contributed by atoms with Gasteiger partial charge < -0.3 is 14.9 Å². The number of nitrogen functional groups attached to an aromatic ring is 1. The molecule has 3 rings (SSSR count). The van der Waals surface area contributed by atoms with Gasteiger partial charge in [0.15, 0.2) is 23.0 Å². The Balaban J connectivity index is 2.22. The summed E-state index contributed by atoms with van der Waals surface area (Å²) in [4.78, 5) is 8.04. The van der Waals surface area contributed by atoms with E-state index in [1.54, 1.807) is 12.1 Å². The minimum absolute atomic E-state index is 0.269. The predicted molar refractivity (Wildman–Crippen MR) is 73.2 cm³/mol. The first kappa shape index (κ1) is 11.8. The molecule has 5 nitrogen and oxygen atoms in total. The lowest BCUT2D eigenvalue weighted by Crippen LogP contribution is -1.99. The van der Waals surface area contributed by atoms with E-state index in [0.717, 1.165) is 11.0 Å². The minimum atomic E-state index is 0.269. The van der Waals surface area contributed by atoms with Crippen molar-refractivity contribution in [3.05, 3.63) is 35.6 Å². The quantitative estimate of drug-likeness (QED) is 0.778. The van der Waals surface area contributed by atoms with Crippen molar-refractivity contribution in [2.75, 3.05) is 12.8 Å². The molecule has 0 amide bonds. The number of methoxy groups -OCH3 is 1. The molecule has 3 aromatic rings. The summed E-state index contributed by atoms with van der Waals surface area (Å²) < 4.78 is 10.9. The van der Waals surface area contributed by atoms with E-state index >= 15 is 0 Å². The van der Waals surface area contributed by atoms with E-state index in [1.165, 1.54) is 13.4 Å².